The molecule has 0 atom stereocenters. The first-order valence-electron chi connectivity index (χ1n) is 6.00. The Morgan fingerprint density at radius 2 is 1.94 bits per heavy atom. The molecule has 0 unspecified atom stereocenters. The maximum Gasteiger partial charge on any atom is 0.240 e. The molecule has 4 nitrogen and oxygen atoms in total. The van der Waals surface area contributed by atoms with Crippen molar-refractivity contribution in [3.05, 3.63) is 29.3 Å². The van der Waals surface area contributed by atoms with Gasteiger partial charge in [0.15, 0.2) is 0 Å². The number of sulfonamides is 1. The molecule has 2 aliphatic rings. The van der Waals surface area contributed by atoms with Crippen LogP contribution >= 0.6 is 0 Å². The highest BCUT2D eigenvalue weighted by atomic mass is 32.2. The highest BCUT2D eigenvalue weighted by Gasteiger charge is 2.25. The second-order valence-electron chi connectivity index (χ2n) is 4.78. The summed E-state index contributed by atoms with van der Waals surface area (Å²) in [6.45, 7) is 1.60. The van der Waals surface area contributed by atoms with Crippen LogP contribution in [0.5, 0.6) is 0 Å². The molecular weight excluding hydrogens is 236 g/mol. The zero-order valence-electron chi connectivity index (χ0n) is 9.57. The summed E-state index contributed by atoms with van der Waals surface area (Å²) < 4.78 is 27.0. The van der Waals surface area contributed by atoms with Crippen molar-refractivity contribution >= 4 is 10.0 Å². The Labute approximate surface area is 101 Å². The molecule has 1 saturated carbocycles. The Hall–Kier alpha value is -0.910. The van der Waals surface area contributed by atoms with Gasteiger partial charge in [0.25, 0.3) is 0 Å². The zero-order chi connectivity index (χ0) is 11.9. The van der Waals surface area contributed by atoms with Crippen LogP contribution in [0.15, 0.2) is 23.1 Å². The smallest absolute Gasteiger partial charge is 0.240 e. The molecule has 2 N–H and O–H groups in total. The van der Waals surface area contributed by atoms with E-state index in [0.29, 0.717) is 4.90 Å². The van der Waals surface area contributed by atoms with E-state index in [-0.39, 0.29) is 6.04 Å². The molecule has 0 bridgehead atoms. The van der Waals surface area contributed by atoms with Gasteiger partial charge in [-0.15, -0.1) is 0 Å². The molecule has 17 heavy (non-hydrogen) atoms. The summed E-state index contributed by atoms with van der Waals surface area (Å²) in [5.74, 6) is 0. The molecule has 1 fully saturated rings. The van der Waals surface area contributed by atoms with E-state index in [1.807, 2.05) is 6.07 Å². The summed E-state index contributed by atoms with van der Waals surface area (Å²) in [7, 11) is -3.32. The Morgan fingerprint density at radius 3 is 2.65 bits per heavy atom. The van der Waals surface area contributed by atoms with Crippen LogP contribution in [0.25, 0.3) is 0 Å². The van der Waals surface area contributed by atoms with Crippen LogP contribution in [0.3, 0.4) is 0 Å². The van der Waals surface area contributed by atoms with Crippen molar-refractivity contribution in [2.75, 3.05) is 0 Å². The van der Waals surface area contributed by atoms with Gasteiger partial charge in [0.2, 0.25) is 10.0 Å². The second kappa shape index (κ2) is 4.08. The molecule has 1 aromatic carbocycles. The number of hydrogen-bond acceptors (Lipinski definition) is 3. The molecule has 1 aliphatic carbocycles. The van der Waals surface area contributed by atoms with Crippen LogP contribution in [0.1, 0.15) is 30.4 Å². The molecule has 0 radical (unpaired) electrons. The molecule has 0 amide bonds. The Balaban J connectivity index is 1.87. The fourth-order valence-corrected chi connectivity index (χ4v) is 3.61. The van der Waals surface area contributed by atoms with Gasteiger partial charge in [-0.05, 0) is 36.1 Å². The number of fused-ring (bicyclic) bond motifs is 1. The van der Waals surface area contributed by atoms with Gasteiger partial charge in [0.05, 0.1) is 4.90 Å². The predicted molar refractivity (Wildman–Crippen MR) is 64.9 cm³/mol. The molecule has 0 spiro atoms. The SMILES string of the molecule is O=S(=O)(NC1CCC1)c1ccc2c(c1)CNC2. The monoisotopic (exact) mass is 252 g/mol. The van der Waals surface area contributed by atoms with Crippen molar-refractivity contribution in [2.24, 2.45) is 0 Å². The summed E-state index contributed by atoms with van der Waals surface area (Å²) in [6.07, 6.45) is 3.05. The van der Waals surface area contributed by atoms with E-state index in [1.165, 1.54) is 5.56 Å². The van der Waals surface area contributed by atoms with Crippen LogP contribution < -0.4 is 10.0 Å². The number of hydrogen-bond donors (Lipinski definition) is 2. The second-order valence-corrected chi connectivity index (χ2v) is 6.50. The van der Waals surface area contributed by atoms with Gasteiger partial charge in [-0.1, -0.05) is 12.5 Å². The molecule has 1 aliphatic heterocycles. The van der Waals surface area contributed by atoms with Crippen molar-refractivity contribution in [3.63, 3.8) is 0 Å². The van der Waals surface area contributed by atoms with E-state index in [9.17, 15) is 8.42 Å². The van der Waals surface area contributed by atoms with Crippen LogP contribution in [0.4, 0.5) is 0 Å². The lowest BCUT2D eigenvalue weighted by atomic mass is 9.94. The normalized spacial score (nSPS) is 20.0. The highest BCUT2D eigenvalue weighted by molar-refractivity contribution is 7.89. The van der Waals surface area contributed by atoms with E-state index in [0.717, 1.165) is 37.9 Å². The number of nitrogens with one attached hydrogen (secondary N) is 2. The molecule has 3 rings (SSSR count). The molecular formula is C12H16N2O2S. The summed E-state index contributed by atoms with van der Waals surface area (Å²) >= 11 is 0. The van der Waals surface area contributed by atoms with Gasteiger partial charge >= 0.3 is 0 Å². The fraction of sp³-hybridized carbons (Fsp3) is 0.500. The van der Waals surface area contributed by atoms with Gasteiger partial charge in [-0.2, -0.15) is 0 Å². The topological polar surface area (TPSA) is 58.2 Å². The first-order valence-corrected chi connectivity index (χ1v) is 7.48. The summed E-state index contributed by atoms with van der Waals surface area (Å²) in [6, 6.07) is 5.54. The third-order valence-corrected chi connectivity index (χ3v) is 5.06. The van der Waals surface area contributed by atoms with Gasteiger partial charge in [0, 0.05) is 19.1 Å². The molecule has 1 aromatic rings. The molecule has 1 heterocycles. The fourth-order valence-electron chi connectivity index (χ4n) is 2.25. The van der Waals surface area contributed by atoms with Gasteiger partial charge < -0.3 is 5.32 Å². The standard InChI is InChI=1S/C12H16N2O2S/c15-17(16,14-11-2-1-3-11)12-5-4-9-7-13-8-10(9)6-12/h4-6,11,13-14H,1-3,7-8H2. The van der Waals surface area contributed by atoms with Crippen molar-refractivity contribution in [1.29, 1.82) is 0 Å². The molecule has 0 aromatic heterocycles. The summed E-state index contributed by atoms with van der Waals surface area (Å²) in [5.41, 5.74) is 2.30. The molecule has 92 valence electrons. The van der Waals surface area contributed by atoms with E-state index in [2.05, 4.69) is 10.0 Å². The van der Waals surface area contributed by atoms with E-state index < -0.39 is 10.0 Å². The predicted octanol–water partition coefficient (Wildman–Crippen LogP) is 1.12. The summed E-state index contributed by atoms with van der Waals surface area (Å²) in [5, 5.41) is 3.21. The average molecular weight is 252 g/mol. The minimum absolute atomic E-state index is 0.145. The number of benzene rings is 1. The lowest BCUT2D eigenvalue weighted by Gasteiger charge is -2.26. The average Bonchev–Trinajstić information content (AvgIpc) is 2.70. The van der Waals surface area contributed by atoms with Gasteiger partial charge in [-0.3, -0.25) is 0 Å². The van der Waals surface area contributed by atoms with Crippen molar-refractivity contribution in [3.8, 4) is 0 Å². The Kier molecular flexibility index (Phi) is 2.69. The summed E-state index contributed by atoms with van der Waals surface area (Å²) in [4.78, 5) is 0.395. The highest BCUT2D eigenvalue weighted by Crippen LogP contribution is 2.23. The van der Waals surface area contributed by atoms with E-state index in [4.69, 9.17) is 0 Å². The number of rotatable bonds is 3. The lowest BCUT2D eigenvalue weighted by Crippen LogP contribution is -2.39. The van der Waals surface area contributed by atoms with Crippen molar-refractivity contribution in [2.45, 2.75) is 43.3 Å². The van der Waals surface area contributed by atoms with Gasteiger partial charge in [0.1, 0.15) is 0 Å². The van der Waals surface area contributed by atoms with Crippen LogP contribution in [-0.2, 0) is 23.1 Å². The molecule has 5 heteroatoms. The minimum atomic E-state index is -3.32. The Bertz CT molecular complexity index is 535. The van der Waals surface area contributed by atoms with Crippen LogP contribution in [0.2, 0.25) is 0 Å². The molecule has 0 saturated heterocycles. The van der Waals surface area contributed by atoms with E-state index >= 15 is 0 Å². The lowest BCUT2D eigenvalue weighted by molar-refractivity contribution is 0.383. The zero-order valence-corrected chi connectivity index (χ0v) is 10.4. The van der Waals surface area contributed by atoms with Crippen molar-refractivity contribution in [1.82, 2.24) is 10.0 Å². The maximum atomic E-state index is 12.1. The third kappa shape index (κ3) is 2.10. The van der Waals surface area contributed by atoms with Gasteiger partial charge in [-0.25, -0.2) is 13.1 Å². The van der Waals surface area contributed by atoms with E-state index in [1.54, 1.807) is 12.1 Å². The third-order valence-electron chi connectivity index (χ3n) is 3.55. The first kappa shape index (κ1) is 11.2. The maximum absolute atomic E-state index is 12.1. The van der Waals surface area contributed by atoms with Crippen LogP contribution in [-0.4, -0.2) is 14.5 Å². The quantitative estimate of drug-likeness (QED) is 0.847. The van der Waals surface area contributed by atoms with Crippen molar-refractivity contribution < 1.29 is 8.42 Å². The largest absolute Gasteiger partial charge is 0.309 e. The van der Waals surface area contributed by atoms with Crippen LogP contribution in [0, 0.1) is 0 Å². The minimum Gasteiger partial charge on any atom is -0.309 e. The first-order chi connectivity index (χ1) is 8.15. The Morgan fingerprint density at radius 1 is 1.18 bits per heavy atom.